The number of hydrogen-bond donors (Lipinski definition) is 1. The zero-order valence-electron chi connectivity index (χ0n) is 7.61. The summed E-state index contributed by atoms with van der Waals surface area (Å²) in [6.45, 7) is 3.92. The topological polar surface area (TPSA) is 12.0 Å². The van der Waals surface area contributed by atoms with Crippen LogP contribution in [0.25, 0.3) is 0 Å². The zero-order valence-corrected chi connectivity index (χ0v) is 9.95. The van der Waals surface area contributed by atoms with Crippen molar-refractivity contribution >= 4 is 27.5 Å². The summed E-state index contributed by atoms with van der Waals surface area (Å²) in [6.07, 6.45) is 0. The van der Waals surface area contributed by atoms with Crippen LogP contribution in [-0.2, 0) is 6.54 Å². The number of hydrogen-bond acceptors (Lipinski definition) is 1. The number of halogens is 2. The highest BCUT2D eigenvalue weighted by Gasteiger charge is 1.96. The summed E-state index contributed by atoms with van der Waals surface area (Å²) >= 11 is 9.28. The fourth-order valence-corrected chi connectivity index (χ4v) is 1.51. The quantitative estimate of drug-likeness (QED) is 0.649. The normalized spacial score (nSPS) is 10.4. The van der Waals surface area contributed by atoms with Crippen molar-refractivity contribution < 1.29 is 0 Å². The molecule has 0 aliphatic carbocycles. The molecule has 0 aliphatic rings. The largest absolute Gasteiger partial charge is 0.312 e. The molecule has 1 rings (SSSR count). The molecule has 0 saturated carbocycles. The predicted molar refractivity (Wildman–Crippen MR) is 61.7 cm³/mol. The van der Waals surface area contributed by atoms with Crippen LogP contribution in [0.4, 0.5) is 0 Å². The molecule has 13 heavy (non-hydrogen) atoms. The van der Waals surface area contributed by atoms with E-state index < -0.39 is 0 Å². The summed E-state index contributed by atoms with van der Waals surface area (Å²) < 4.78 is 0. The molecule has 0 heterocycles. The summed E-state index contributed by atoms with van der Waals surface area (Å²) in [5.74, 6) is 0. The molecule has 0 radical (unpaired) electrons. The number of aryl methyl sites for hydroxylation is 1. The first-order chi connectivity index (χ1) is 6.24. The molecule has 0 unspecified atom stereocenters. The van der Waals surface area contributed by atoms with Crippen LogP contribution in [0.3, 0.4) is 0 Å². The van der Waals surface area contributed by atoms with Crippen LogP contribution in [0, 0.1) is 6.92 Å². The van der Waals surface area contributed by atoms with Gasteiger partial charge < -0.3 is 5.32 Å². The lowest BCUT2D eigenvalue weighted by molar-refractivity contribution is 0.734. The maximum atomic E-state index is 5.91. The van der Waals surface area contributed by atoms with Gasteiger partial charge in [0.25, 0.3) is 0 Å². The van der Waals surface area contributed by atoms with Crippen LogP contribution in [0.2, 0.25) is 5.02 Å². The molecule has 0 fully saturated rings. The van der Waals surface area contributed by atoms with Gasteiger partial charge in [0.05, 0.1) is 0 Å². The van der Waals surface area contributed by atoms with E-state index in [2.05, 4.69) is 33.4 Å². The van der Waals surface area contributed by atoms with Crippen LogP contribution in [0.5, 0.6) is 0 Å². The van der Waals surface area contributed by atoms with Crippen molar-refractivity contribution in [2.24, 2.45) is 0 Å². The molecule has 0 saturated heterocycles. The van der Waals surface area contributed by atoms with Gasteiger partial charge in [-0.1, -0.05) is 39.7 Å². The Morgan fingerprint density at radius 1 is 1.46 bits per heavy atom. The summed E-state index contributed by atoms with van der Waals surface area (Å²) in [5.41, 5.74) is 2.42. The van der Waals surface area contributed by atoms with Crippen LogP contribution in [0.1, 0.15) is 11.1 Å². The van der Waals surface area contributed by atoms with Gasteiger partial charge in [0.1, 0.15) is 0 Å². The molecule has 0 aliphatic heterocycles. The third-order valence-corrected chi connectivity index (χ3v) is 2.64. The second-order valence-corrected chi connectivity index (χ2v) is 4.15. The van der Waals surface area contributed by atoms with E-state index in [0.29, 0.717) is 0 Å². The Morgan fingerprint density at radius 2 is 2.23 bits per heavy atom. The summed E-state index contributed by atoms with van der Waals surface area (Å²) in [7, 11) is 0. The molecule has 3 heteroatoms. The second kappa shape index (κ2) is 5.63. The summed E-state index contributed by atoms with van der Waals surface area (Å²) in [5, 5.41) is 5.13. The molecule has 0 spiro atoms. The van der Waals surface area contributed by atoms with Crippen molar-refractivity contribution in [1.82, 2.24) is 5.32 Å². The lowest BCUT2D eigenvalue weighted by atomic mass is 10.1. The van der Waals surface area contributed by atoms with E-state index in [4.69, 9.17) is 11.6 Å². The van der Waals surface area contributed by atoms with Crippen molar-refractivity contribution in [2.45, 2.75) is 13.5 Å². The van der Waals surface area contributed by atoms with E-state index in [9.17, 15) is 0 Å². The van der Waals surface area contributed by atoms with Crippen molar-refractivity contribution in [2.75, 3.05) is 11.9 Å². The average Bonchev–Trinajstić information content (AvgIpc) is 2.12. The molecule has 0 amide bonds. The Morgan fingerprint density at radius 3 is 2.85 bits per heavy atom. The Hall–Kier alpha value is -0.0500. The Bertz CT molecular complexity index is 276. The van der Waals surface area contributed by atoms with E-state index in [1.165, 1.54) is 5.56 Å². The number of rotatable bonds is 4. The van der Waals surface area contributed by atoms with Gasteiger partial charge in [0.15, 0.2) is 0 Å². The van der Waals surface area contributed by atoms with Crippen LogP contribution in [0.15, 0.2) is 18.2 Å². The van der Waals surface area contributed by atoms with Gasteiger partial charge >= 0.3 is 0 Å². The van der Waals surface area contributed by atoms with Gasteiger partial charge in [-0.2, -0.15) is 0 Å². The first kappa shape index (κ1) is 11.0. The average molecular weight is 263 g/mol. The molecule has 1 nitrogen and oxygen atoms in total. The fourth-order valence-electron chi connectivity index (χ4n) is 1.12. The molecule has 0 bridgehead atoms. The molecular weight excluding hydrogens is 249 g/mol. The first-order valence-corrected chi connectivity index (χ1v) is 5.75. The minimum atomic E-state index is 0.837. The summed E-state index contributed by atoms with van der Waals surface area (Å²) in [4.78, 5) is 0. The number of nitrogens with one attached hydrogen (secondary N) is 1. The van der Waals surface area contributed by atoms with Gasteiger partial charge in [-0.05, 0) is 24.1 Å². The SMILES string of the molecule is Cc1cc(CNCCBr)ccc1Cl. The highest BCUT2D eigenvalue weighted by molar-refractivity contribution is 9.09. The molecule has 1 N–H and O–H groups in total. The Balaban J connectivity index is 2.53. The monoisotopic (exact) mass is 261 g/mol. The van der Waals surface area contributed by atoms with E-state index in [1.54, 1.807) is 0 Å². The minimum Gasteiger partial charge on any atom is -0.312 e. The van der Waals surface area contributed by atoms with E-state index in [0.717, 1.165) is 29.0 Å². The van der Waals surface area contributed by atoms with Gasteiger partial charge in [0.2, 0.25) is 0 Å². The fraction of sp³-hybridized carbons (Fsp3) is 0.400. The summed E-state index contributed by atoms with van der Waals surface area (Å²) in [6, 6.07) is 6.11. The smallest absolute Gasteiger partial charge is 0.0435 e. The third kappa shape index (κ3) is 3.67. The maximum Gasteiger partial charge on any atom is 0.0435 e. The molecular formula is C10H13BrClN. The molecule has 0 aromatic heterocycles. The minimum absolute atomic E-state index is 0.837. The highest BCUT2D eigenvalue weighted by atomic mass is 79.9. The van der Waals surface area contributed by atoms with Gasteiger partial charge in [-0.25, -0.2) is 0 Å². The zero-order chi connectivity index (χ0) is 9.68. The van der Waals surface area contributed by atoms with Crippen molar-refractivity contribution in [3.63, 3.8) is 0 Å². The molecule has 0 atom stereocenters. The lowest BCUT2D eigenvalue weighted by Gasteiger charge is -2.04. The van der Waals surface area contributed by atoms with Gasteiger partial charge in [0, 0.05) is 23.4 Å². The molecule has 1 aromatic carbocycles. The number of alkyl halides is 1. The van der Waals surface area contributed by atoms with Crippen LogP contribution < -0.4 is 5.32 Å². The standard InChI is InChI=1S/C10H13BrClN/c1-8-6-9(2-3-10(8)12)7-13-5-4-11/h2-3,6,13H,4-5,7H2,1H3. The van der Waals surface area contributed by atoms with E-state index in [-0.39, 0.29) is 0 Å². The van der Waals surface area contributed by atoms with E-state index in [1.807, 2.05) is 13.0 Å². The first-order valence-electron chi connectivity index (χ1n) is 4.25. The highest BCUT2D eigenvalue weighted by Crippen LogP contribution is 2.15. The molecule has 72 valence electrons. The van der Waals surface area contributed by atoms with Gasteiger partial charge in [-0.3, -0.25) is 0 Å². The predicted octanol–water partition coefficient (Wildman–Crippen LogP) is 3.13. The lowest BCUT2D eigenvalue weighted by Crippen LogP contribution is -2.15. The molecule has 1 aromatic rings. The maximum absolute atomic E-state index is 5.91. The number of benzene rings is 1. The van der Waals surface area contributed by atoms with Crippen molar-refractivity contribution in [3.8, 4) is 0 Å². The second-order valence-electron chi connectivity index (χ2n) is 2.95. The van der Waals surface area contributed by atoms with Crippen molar-refractivity contribution in [1.29, 1.82) is 0 Å². The van der Waals surface area contributed by atoms with Crippen LogP contribution in [-0.4, -0.2) is 11.9 Å². The van der Waals surface area contributed by atoms with Gasteiger partial charge in [-0.15, -0.1) is 0 Å². The third-order valence-electron chi connectivity index (χ3n) is 1.82. The Kier molecular flexibility index (Phi) is 4.78. The van der Waals surface area contributed by atoms with Crippen molar-refractivity contribution in [3.05, 3.63) is 34.3 Å². The van der Waals surface area contributed by atoms with E-state index >= 15 is 0 Å². The van der Waals surface area contributed by atoms with Crippen LogP contribution >= 0.6 is 27.5 Å². The Labute approximate surface area is 92.6 Å².